The number of hydrogen-bond donors (Lipinski definition) is 2. The maximum Gasteiger partial charge on any atom is 0.217 e. The number of rotatable bonds is 6. The SMILES string of the molecule is COc1ccc2c(c1)nc(N)n2CCCCC(N)=O. The first-order valence-corrected chi connectivity index (χ1v) is 6.20. The molecule has 6 heteroatoms. The molecule has 6 nitrogen and oxygen atoms in total. The van der Waals surface area contributed by atoms with Crippen molar-refractivity contribution in [3.05, 3.63) is 18.2 Å². The van der Waals surface area contributed by atoms with Crippen LogP contribution in [0.5, 0.6) is 5.75 Å². The molecule has 0 spiro atoms. The highest BCUT2D eigenvalue weighted by Gasteiger charge is 2.08. The summed E-state index contributed by atoms with van der Waals surface area (Å²) < 4.78 is 7.10. The fourth-order valence-corrected chi connectivity index (χ4v) is 2.06. The van der Waals surface area contributed by atoms with Crippen molar-refractivity contribution in [2.45, 2.75) is 25.8 Å². The molecular weight excluding hydrogens is 244 g/mol. The lowest BCUT2D eigenvalue weighted by Crippen LogP contribution is -2.10. The van der Waals surface area contributed by atoms with Gasteiger partial charge in [0.15, 0.2) is 0 Å². The summed E-state index contributed by atoms with van der Waals surface area (Å²) in [4.78, 5) is 15.0. The summed E-state index contributed by atoms with van der Waals surface area (Å²) in [5.41, 5.74) is 12.8. The van der Waals surface area contributed by atoms with Crippen LogP contribution < -0.4 is 16.2 Å². The number of carbonyl (C=O) groups excluding carboxylic acids is 1. The number of aryl methyl sites for hydroxylation is 1. The third-order valence-corrected chi connectivity index (χ3v) is 3.04. The lowest BCUT2D eigenvalue weighted by molar-refractivity contribution is -0.118. The number of primary amides is 1. The molecule has 0 radical (unpaired) electrons. The van der Waals surface area contributed by atoms with Gasteiger partial charge in [-0.2, -0.15) is 0 Å². The Kier molecular flexibility index (Phi) is 3.89. The standard InChI is InChI=1S/C13H18N4O2/c1-19-9-5-6-11-10(8-9)16-13(15)17(11)7-3-2-4-12(14)18/h5-6,8H,2-4,7H2,1H3,(H2,14,18)(H2,15,16). The fourth-order valence-electron chi connectivity index (χ4n) is 2.06. The molecule has 19 heavy (non-hydrogen) atoms. The summed E-state index contributed by atoms with van der Waals surface area (Å²) in [5, 5.41) is 0. The summed E-state index contributed by atoms with van der Waals surface area (Å²) >= 11 is 0. The van der Waals surface area contributed by atoms with E-state index in [1.54, 1.807) is 7.11 Å². The van der Waals surface area contributed by atoms with E-state index in [1.165, 1.54) is 0 Å². The first kappa shape index (κ1) is 13.2. The number of aromatic nitrogens is 2. The molecule has 102 valence electrons. The number of nitrogen functional groups attached to an aromatic ring is 1. The second-order valence-electron chi connectivity index (χ2n) is 4.40. The van der Waals surface area contributed by atoms with Crippen molar-refractivity contribution >= 4 is 22.9 Å². The van der Waals surface area contributed by atoms with E-state index in [-0.39, 0.29) is 5.91 Å². The number of carbonyl (C=O) groups is 1. The van der Waals surface area contributed by atoms with Crippen molar-refractivity contribution in [1.82, 2.24) is 9.55 Å². The van der Waals surface area contributed by atoms with E-state index in [2.05, 4.69) is 4.98 Å². The summed E-state index contributed by atoms with van der Waals surface area (Å²) in [6.45, 7) is 0.724. The topological polar surface area (TPSA) is 96.2 Å². The quantitative estimate of drug-likeness (QED) is 0.766. The van der Waals surface area contributed by atoms with Gasteiger partial charge in [-0.05, 0) is 25.0 Å². The number of methoxy groups -OCH3 is 1. The van der Waals surface area contributed by atoms with Crippen LogP contribution in [0.4, 0.5) is 5.95 Å². The predicted octanol–water partition coefficient (Wildman–Crippen LogP) is 1.28. The van der Waals surface area contributed by atoms with Gasteiger partial charge in [0.25, 0.3) is 0 Å². The molecule has 1 aromatic heterocycles. The van der Waals surface area contributed by atoms with Crippen molar-refractivity contribution in [3.8, 4) is 5.75 Å². The molecule has 1 amide bonds. The van der Waals surface area contributed by atoms with Gasteiger partial charge in [0, 0.05) is 19.0 Å². The Morgan fingerprint density at radius 3 is 2.89 bits per heavy atom. The van der Waals surface area contributed by atoms with Crippen LogP contribution in [0.15, 0.2) is 18.2 Å². The number of benzene rings is 1. The molecule has 2 aromatic rings. The van der Waals surface area contributed by atoms with Crippen LogP contribution in [0.3, 0.4) is 0 Å². The number of nitrogens with zero attached hydrogens (tertiary/aromatic N) is 2. The van der Waals surface area contributed by atoms with Crippen molar-refractivity contribution in [2.75, 3.05) is 12.8 Å². The van der Waals surface area contributed by atoms with Crippen molar-refractivity contribution in [1.29, 1.82) is 0 Å². The number of nitrogens with two attached hydrogens (primary N) is 2. The molecule has 0 fully saturated rings. The van der Waals surface area contributed by atoms with E-state index < -0.39 is 0 Å². The molecule has 2 rings (SSSR count). The average molecular weight is 262 g/mol. The highest BCUT2D eigenvalue weighted by Crippen LogP contribution is 2.23. The summed E-state index contributed by atoms with van der Waals surface area (Å²) in [7, 11) is 1.62. The largest absolute Gasteiger partial charge is 0.497 e. The van der Waals surface area contributed by atoms with Gasteiger partial charge in [0.05, 0.1) is 18.1 Å². The Balaban J connectivity index is 2.14. The van der Waals surface area contributed by atoms with E-state index in [0.29, 0.717) is 12.4 Å². The Hall–Kier alpha value is -2.24. The molecule has 0 unspecified atom stereocenters. The zero-order valence-corrected chi connectivity index (χ0v) is 10.9. The van der Waals surface area contributed by atoms with Crippen molar-refractivity contribution < 1.29 is 9.53 Å². The summed E-state index contributed by atoms with van der Waals surface area (Å²) in [6, 6.07) is 5.67. The zero-order chi connectivity index (χ0) is 13.8. The van der Waals surface area contributed by atoms with E-state index in [9.17, 15) is 4.79 Å². The Bertz CT molecular complexity index is 592. The molecule has 0 aliphatic carbocycles. The number of hydrogen-bond acceptors (Lipinski definition) is 4. The number of amides is 1. The number of imidazole rings is 1. The van der Waals surface area contributed by atoms with Crippen LogP contribution in [-0.2, 0) is 11.3 Å². The van der Waals surface area contributed by atoms with Crippen LogP contribution in [0, 0.1) is 0 Å². The smallest absolute Gasteiger partial charge is 0.217 e. The number of unbranched alkanes of at least 4 members (excludes halogenated alkanes) is 1. The second kappa shape index (κ2) is 5.60. The number of fused-ring (bicyclic) bond motifs is 1. The molecule has 1 heterocycles. The summed E-state index contributed by atoms with van der Waals surface area (Å²) in [5.74, 6) is 0.960. The molecular formula is C13H18N4O2. The maximum absolute atomic E-state index is 10.7. The lowest BCUT2D eigenvalue weighted by atomic mass is 10.2. The first-order valence-electron chi connectivity index (χ1n) is 6.20. The molecule has 0 bridgehead atoms. The van der Waals surface area contributed by atoms with Gasteiger partial charge in [-0.3, -0.25) is 4.79 Å². The van der Waals surface area contributed by atoms with Gasteiger partial charge in [-0.15, -0.1) is 0 Å². The van der Waals surface area contributed by atoms with Crippen molar-refractivity contribution in [3.63, 3.8) is 0 Å². The number of ether oxygens (including phenoxy) is 1. The third kappa shape index (κ3) is 2.96. The Morgan fingerprint density at radius 1 is 1.42 bits per heavy atom. The van der Waals surface area contributed by atoms with Gasteiger partial charge < -0.3 is 20.8 Å². The Labute approximate surface area is 111 Å². The van der Waals surface area contributed by atoms with E-state index >= 15 is 0 Å². The van der Waals surface area contributed by atoms with Gasteiger partial charge >= 0.3 is 0 Å². The van der Waals surface area contributed by atoms with Crippen LogP contribution >= 0.6 is 0 Å². The van der Waals surface area contributed by atoms with Gasteiger partial charge in [0.1, 0.15) is 5.75 Å². The molecule has 4 N–H and O–H groups in total. The van der Waals surface area contributed by atoms with Crippen LogP contribution in [0.2, 0.25) is 0 Å². The molecule has 0 saturated carbocycles. The molecule has 0 aliphatic heterocycles. The predicted molar refractivity (Wildman–Crippen MR) is 73.7 cm³/mol. The normalized spacial score (nSPS) is 10.8. The van der Waals surface area contributed by atoms with E-state index in [0.717, 1.165) is 36.2 Å². The second-order valence-corrected chi connectivity index (χ2v) is 4.40. The first-order chi connectivity index (χ1) is 9.11. The minimum Gasteiger partial charge on any atom is -0.497 e. The zero-order valence-electron chi connectivity index (χ0n) is 10.9. The highest BCUT2D eigenvalue weighted by molar-refractivity contribution is 5.79. The molecule has 1 aromatic carbocycles. The van der Waals surface area contributed by atoms with E-state index in [4.69, 9.17) is 16.2 Å². The van der Waals surface area contributed by atoms with Gasteiger partial charge in [0.2, 0.25) is 11.9 Å². The molecule has 0 atom stereocenters. The minimum atomic E-state index is -0.270. The maximum atomic E-state index is 10.7. The fraction of sp³-hybridized carbons (Fsp3) is 0.385. The van der Waals surface area contributed by atoms with Crippen LogP contribution in [-0.4, -0.2) is 22.6 Å². The van der Waals surface area contributed by atoms with Gasteiger partial charge in [-0.1, -0.05) is 0 Å². The average Bonchev–Trinajstić information content (AvgIpc) is 2.69. The molecule has 0 saturated heterocycles. The van der Waals surface area contributed by atoms with E-state index in [1.807, 2.05) is 22.8 Å². The van der Waals surface area contributed by atoms with Gasteiger partial charge in [-0.25, -0.2) is 4.98 Å². The van der Waals surface area contributed by atoms with Crippen LogP contribution in [0.25, 0.3) is 11.0 Å². The monoisotopic (exact) mass is 262 g/mol. The minimum absolute atomic E-state index is 0.270. The molecule has 0 aliphatic rings. The Morgan fingerprint density at radius 2 is 2.21 bits per heavy atom. The summed E-state index contributed by atoms with van der Waals surface area (Å²) in [6.07, 6.45) is 2.00. The highest BCUT2D eigenvalue weighted by atomic mass is 16.5. The third-order valence-electron chi connectivity index (χ3n) is 3.04. The lowest BCUT2D eigenvalue weighted by Gasteiger charge is -2.06. The number of anilines is 1. The van der Waals surface area contributed by atoms with Crippen molar-refractivity contribution in [2.24, 2.45) is 5.73 Å². The van der Waals surface area contributed by atoms with Crippen LogP contribution in [0.1, 0.15) is 19.3 Å².